The normalized spacial score (nSPS) is 10.9. The molecule has 0 fully saturated rings. The summed E-state index contributed by atoms with van der Waals surface area (Å²) in [6, 6.07) is 3.90. The van der Waals surface area contributed by atoms with Crippen LogP contribution in [0.2, 0.25) is 0 Å². The molecule has 0 saturated carbocycles. The smallest absolute Gasteiger partial charge is 0.230 e. The molecular weight excluding hydrogens is 264 g/mol. The van der Waals surface area contributed by atoms with Crippen molar-refractivity contribution in [2.24, 2.45) is 0 Å². The SMILES string of the molecule is CC(C)n1cnnc1SCC(=O)NCc1ccco1. The van der Waals surface area contributed by atoms with Crippen LogP contribution in [0.5, 0.6) is 0 Å². The highest BCUT2D eigenvalue weighted by Gasteiger charge is 2.10. The Morgan fingerprint density at radius 2 is 2.42 bits per heavy atom. The Bertz CT molecular complexity index is 522. The van der Waals surface area contributed by atoms with Gasteiger partial charge in [-0.05, 0) is 26.0 Å². The standard InChI is InChI=1S/C12H16N4O2S/c1-9(2)16-8-14-15-12(16)19-7-11(17)13-6-10-4-3-5-18-10/h3-5,8-9H,6-7H2,1-2H3,(H,13,17). The lowest BCUT2D eigenvalue weighted by Gasteiger charge is -2.09. The number of amides is 1. The third-order valence-electron chi connectivity index (χ3n) is 2.47. The van der Waals surface area contributed by atoms with Gasteiger partial charge in [-0.15, -0.1) is 10.2 Å². The van der Waals surface area contributed by atoms with Crippen molar-refractivity contribution in [3.63, 3.8) is 0 Å². The van der Waals surface area contributed by atoms with Crippen LogP contribution in [0.1, 0.15) is 25.6 Å². The Hall–Kier alpha value is -1.76. The van der Waals surface area contributed by atoms with Gasteiger partial charge in [0.2, 0.25) is 5.91 Å². The predicted octanol–water partition coefficient (Wildman–Crippen LogP) is 1.86. The summed E-state index contributed by atoms with van der Waals surface area (Å²) in [6.07, 6.45) is 3.26. The average Bonchev–Trinajstić information content (AvgIpc) is 3.04. The van der Waals surface area contributed by atoms with Crippen LogP contribution in [0, 0.1) is 0 Å². The van der Waals surface area contributed by atoms with Crippen LogP contribution in [-0.2, 0) is 11.3 Å². The Balaban J connectivity index is 1.78. The van der Waals surface area contributed by atoms with Crippen molar-refractivity contribution >= 4 is 17.7 Å². The maximum Gasteiger partial charge on any atom is 0.230 e. The van der Waals surface area contributed by atoms with Gasteiger partial charge in [0.15, 0.2) is 5.16 Å². The number of aromatic nitrogens is 3. The highest BCUT2D eigenvalue weighted by Crippen LogP contribution is 2.18. The highest BCUT2D eigenvalue weighted by atomic mass is 32.2. The van der Waals surface area contributed by atoms with E-state index in [0.717, 1.165) is 10.9 Å². The number of nitrogens with one attached hydrogen (secondary N) is 1. The zero-order valence-electron chi connectivity index (χ0n) is 10.9. The van der Waals surface area contributed by atoms with Crippen molar-refractivity contribution in [1.82, 2.24) is 20.1 Å². The number of furan rings is 1. The molecule has 0 spiro atoms. The molecular formula is C12H16N4O2S. The van der Waals surface area contributed by atoms with Crippen molar-refractivity contribution in [2.75, 3.05) is 5.75 Å². The van der Waals surface area contributed by atoms with E-state index in [-0.39, 0.29) is 11.9 Å². The summed E-state index contributed by atoms with van der Waals surface area (Å²) in [5.74, 6) is 0.995. The third-order valence-corrected chi connectivity index (χ3v) is 3.43. The van der Waals surface area contributed by atoms with Crippen LogP contribution in [0.4, 0.5) is 0 Å². The molecule has 1 amide bonds. The fraction of sp³-hybridized carbons (Fsp3) is 0.417. The lowest BCUT2D eigenvalue weighted by molar-refractivity contribution is -0.118. The number of carbonyl (C=O) groups excluding carboxylic acids is 1. The quantitative estimate of drug-likeness (QED) is 0.818. The van der Waals surface area contributed by atoms with E-state index in [1.165, 1.54) is 11.8 Å². The summed E-state index contributed by atoms with van der Waals surface area (Å²) in [5.41, 5.74) is 0. The number of rotatable bonds is 6. The highest BCUT2D eigenvalue weighted by molar-refractivity contribution is 7.99. The molecule has 2 rings (SSSR count). The van der Waals surface area contributed by atoms with Gasteiger partial charge in [-0.2, -0.15) is 0 Å². The largest absolute Gasteiger partial charge is 0.467 e. The first-order valence-corrected chi connectivity index (χ1v) is 6.96. The second-order valence-electron chi connectivity index (χ2n) is 4.26. The van der Waals surface area contributed by atoms with Crippen molar-refractivity contribution in [2.45, 2.75) is 31.6 Å². The molecule has 6 nitrogen and oxygen atoms in total. The molecule has 0 aliphatic rings. The molecule has 0 bridgehead atoms. The Kier molecular flexibility index (Phi) is 4.62. The summed E-state index contributed by atoms with van der Waals surface area (Å²) in [7, 11) is 0. The maximum atomic E-state index is 11.7. The summed E-state index contributed by atoms with van der Waals surface area (Å²) < 4.78 is 7.07. The molecule has 2 aromatic heterocycles. The molecule has 2 aromatic rings. The second-order valence-corrected chi connectivity index (χ2v) is 5.20. The molecule has 0 aliphatic carbocycles. The topological polar surface area (TPSA) is 73.0 Å². The predicted molar refractivity (Wildman–Crippen MR) is 71.7 cm³/mol. The minimum Gasteiger partial charge on any atom is -0.467 e. The van der Waals surface area contributed by atoms with Gasteiger partial charge in [0.1, 0.15) is 12.1 Å². The first-order chi connectivity index (χ1) is 9.16. The summed E-state index contributed by atoms with van der Waals surface area (Å²) in [4.78, 5) is 11.7. The number of hydrogen-bond acceptors (Lipinski definition) is 5. The van der Waals surface area contributed by atoms with Gasteiger partial charge in [0, 0.05) is 6.04 Å². The molecule has 0 atom stereocenters. The molecule has 0 saturated heterocycles. The zero-order chi connectivity index (χ0) is 13.7. The van der Waals surface area contributed by atoms with E-state index < -0.39 is 0 Å². The van der Waals surface area contributed by atoms with E-state index >= 15 is 0 Å². The van der Waals surface area contributed by atoms with Gasteiger partial charge < -0.3 is 14.3 Å². The maximum absolute atomic E-state index is 11.7. The summed E-state index contributed by atoms with van der Waals surface area (Å²) in [5, 5.41) is 11.4. The molecule has 0 aromatic carbocycles. The van der Waals surface area contributed by atoms with Gasteiger partial charge >= 0.3 is 0 Å². The van der Waals surface area contributed by atoms with Crippen LogP contribution < -0.4 is 5.32 Å². The first kappa shape index (κ1) is 13.7. The number of carbonyl (C=O) groups is 1. The summed E-state index contributed by atoms with van der Waals surface area (Å²) in [6.45, 7) is 4.50. The van der Waals surface area contributed by atoms with Crippen LogP contribution in [0.3, 0.4) is 0 Å². The molecule has 0 radical (unpaired) electrons. The Labute approximate surface area is 115 Å². The minimum atomic E-state index is -0.0558. The lowest BCUT2D eigenvalue weighted by atomic mass is 10.4. The van der Waals surface area contributed by atoms with Crippen molar-refractivity contribution in [3.8, 4) is 0 Å². The van der Waals surface area contributed by atoms with Crippen LogP contribution in [-0.4, -0.2) is 26.4 Å². The van der Waals surface area contributed by atoms with Gasteiger partial charge in [-0.1, -0.05) is 11.8 Å². The lowest BCUT2D eigenvalue weighted by Crippen LogP contribution is -2.24. The number of hydrogen-bond donors (Lipinski definition) is 1. The Morgan fingerprint density at radius 3 is 3.11 bits per heavy atom. The van der Waals surface area contributed by atoms with Gasteiger partial charge in [-0.25, -0.2) is 0 Å². The monoisotopic (exact) mass is 280 g/mol. The second kappa shape index (κ2) is 6.42. The van der Waals surface area contributed by atoms with E-state index in [9.17, 15) is 4.79 Å². The summed E-state index contributed by atoms with van der Waals surface area (Å²) >= 11 is 1.37. The van der Waals surface area contributed by atoms with E-state index in [2.05, 4.69) is 15.5 Å². The molecule has 0 aliphatic heterocycles. The molecule has 7 heteroatoms. The zero-order valence-corrected chi connectivity index (χ0v) is 11.7. The fourth-order valence-corrected chi connectivity index (χ4v) is 2.34. The van der Waals surface area contributed by atoms with Crippen LogP contribution >= 0.6 is 11.8 Å². The molecule has 1 N–H and O–H groups in total. The minimum absolute atomic E-state index is 0.0558. The third kappa shape index (κ3) is 3.85. The van der Waals surface area contributed by atoms with Crippen LogP contribution in [0.15, 0.2) is 34.3 Å². The fourth-order valence-electron chi connectivity index (χ4n) is 1.47. The van der Waals surface area contributed by atoms with Gasteiger partial charge in [0.05, 0.1) is 18.6 Å². The average molecular weight is 280 g/mol. The van der Waals surface area contributed by atoms with Crippen LogP contribution in [0.25, 0.3) is 0 Å². The number of nitrogens with zero attached hydrogens (tertiary/aromatic N) is 3. The van der Waals surface area contributed by atoms with E-state index in [0.29, 0.717) is 12.3 Å². The molecule has 2 heterocycles. The van der Waals surface area contributed by atoms with E-state index in [1.54, 1.807) is 18.7 Å². The number of thioether (sulfide) groups is 1. The van der Waals surface area contributed by atoms with Crippen molar-refractivity contribution in [3.05, 3.63) is 30.5 Å². The first-order valence-electron chi connectivity index (χ1n) is 5.98. The molecule has 19 heavy (non-hydrogen) atoms. The molecule has 102 valence electrons. The Morgan fingerprint density at radius 1 is 1.58 bits per heavy atom. The van der Waals surface area contributed by atoms with E-state index in [4.69, 9.17) is 4.42 Å². The van der Waals surface area contributed by atoms with Crippen molar-refractivity contribution in [1.29, 1.82) is 0 Å². The van der Waals surface area contributed by atoms with Gasteiger partial charge in [-0.3, -0.25) is 4.79 Å². The molecule has 0 unspecified atom stereocenters. The van der Waals surface area contributed by atoms with Crippen molar-refractivity contribution < 1.29 is 9.21 Å². The van der Waals surface area contributed by atoms with E-state index in [1.807, 2.05) is 24.5 Å². The van der Waals surface area contributed by atoms with Gasteiger partial charge in [0.25, 0.3) is 0 Å².